The summed E-state index contributed by atoms with van der Waals surface area (Å²) in [6, 6.07) is 3.05. The number of pyridine rings is 1. The lowest BCUT2D eigenvalue weighted by molar-refractivity contribution is -0.136. The zero-order valence-electron chi connectivity index (χ0n) is 10.1. The van der Waals surface area contributed by atoms with E-state index in [0.717, 1.165) is 0 Å². The van der Waals surface area contributed by atoms with Crippen molar-refractivity contribution < 1.29 is 24.2 Å². The number of hydrogen-bond donors (Lipinski definition) is 2. The van der Waals surface area contributed by atoms with Gasteiger partial charge in [-0.3, -0.25) is 4.79 Å². The number of hydrogen-bond acceptors (Lipinski definition) is 6. The van der Waals surface area contributed by atoms with Crippen LogP contribution < -0.4 is 10.1 Å². The van der Waals surface area contributed by atoms with Crippen LogP contribution in [0.25, 0.3) is 0 Å². The van der Waals surface area contributed by atoms with Crippen LogP contribution in [-0.4, -0.2) is 42.8 Å². The Kier molecular flexibility index (Phi) is 4.91. The number of carboxylic acids is 1. The fourth-order valence-electron chi connectivity index (χ4n) is 1.26. The Morgan fingerprint density at radius 3 is 2.67 bits per heavy atom. The van der Waals surface area contributed by atoms with E-state index in [1.54, 1.807) is 6.07 Å². The predicted octanol–water partition coefficient (Wildman–Crippen LogP) is 0.763. The number of carbonyl (C=O) groups is 2. The van der Waals surface area contributed by atoms with Crippen molar-refractivity contribution in [2.24, 2.45) is 0 Å². The molecule has 1 aromatic rings. The molecule has 0 unspecified atom stereocenters. The van der Waals surface area contributed by atoms with Crippen molar-refractivity contribution in [1.29, 1.82) is 0 Å². The number of methoxy groups -OCH3 is 2. The molecule has 0 fully saturated rings. The highest BCUT2D eigenvalue weighted by atomic mass is 16.5. The van der Waals surface area contributed by atoms with Gasteiger partial charge in [-0.15, -0.1) is 0 Å². The molecule has 0 bridgehead atoms. The van der Waals surface area contributed by atoms with E-state index in [9.17, 15) is 9.59 Å². The van der Waals surface area contributed by atoms with Gasteiger partial charge in [-0.2, -0.15) is 4.98 Å². The molecular formula is C11H14N2O5. The first-order valence-electron chi connectivity index (χ1n) is 5.17. The van der Waals surface area contributed by atoms with Gasteiger partial charge in [0, 0.05) is 6.54 Å². The zero-order valence-corrected chi connectivity index (χ0v) is 10.1. The van der Waals surface area contributed by atoms with Crippen LogP contribution in [0.4, 0.5) is 5.82 Å². The second kappa shape index (κ2) is 6.43. The molecule has 0 aliphatic carbocycles. The van der Waals surface area contributed by atoms with Gasteiger partial charge in [0.15, 0.2) is 0 Å². The molecule has 7 nitrogen and oxygen atoms in total. The standard InChI is InChI=1S/C11H14N2O5/c1-17-10-7(11(16)18-2)3-4-8(13-10)12-6-5-9(14)15/h3-4H,5-6H2,1-2H3,(H,12,13)(H,14,15). The van der Waals surface area contributed by atoms with E-state index in [2.05, 4.69) is 15.0 Å². The van der Waals surface area contributed by atoms with E-state index in [0.29, 0.717) is 5.82 Å². The molecule has 1 rings (SSSR count). The van der Waals surface area contributed by atoms with Crippen LogP contribution in [0.3, 0.4) is 0 Å². The summed E-state index contributed by atoms with van der Waals surface area (Å²) in [5.41, 5.74) is 0.212. The fourth-order valence-corrected chi connectivity index (χ4v) is 1.26. The molecule has 7 heteroatoms. The van der Waals surface area contributed by atoms with Crippen LogP contribution in [0.1, 0.15) is 16.8 Å². The van der Waals surface area contributed by atoms with E-state index < -0.39 is 11.9 Å². The highest BCUT2D eigenvalue weighted by Gasteiger charge is 2.14. The summed E-state index contributed by atoms with van der Waals surface area (Å²) in [6.07, 6.45) is -0.0251. The van der Waals surface area contributed by atoms with Crippen molar-refractivity contribution in [3.05, 3.63) is 17.7 Å². The van der Waals surface area contributed by atoms with E-state index in [1.165, 1.54) is 20.3 Å². The monoisotopic (exact) mass is 254 g/mol. The van der Waals surface area contributed by atoms with Crippen LogP contribution >= 0.6 is 0 Å². The third-order valence-electron chi connectivity index (χ3n) is 2.10. The summed E-state index contributed by atoms with van der Waals surface area (Å²) in [5, 5.41) is 11.3. The molecule has 0 spiro atoms. The molecule has 0 aliphatic rings. The minimum atomic E-state index is -0.902. The molecule has 0 saturated heterocycles. The first-order chi connectivity index (χ1) is 8.58. The Morgan fingerprint density at radius 2 is 2.11 bits per heavy atom. The van der Waals surface area contributed by atoms with Crippen LogP contribution in [0.5, 0.6) is 5.88 Å². The van der Waals surface area contributed by atoms with Gasteiger partial charge in [-0.25, -0.2) is 4.79 Å². The van der Waals surface area contributed by atoms with E-state index in [4.69, 9.17) is 9.84 Å². The van der Waals surface area contributed by atoms with Gasteiger partial charge in [0.25, 0.3) is 0 Å². The minimum absolute atomic E-state index is 0.0251. The quantitative estimate of drug-likeness (QED) is 0.723. The van der Waals surface area contributed by atoms with Crippen molar-refractivity contribution in [2.45, 2.75) is 6.42 Å². The summed E-state index contributed by atoms with van der Waals surface area (Å²) >= 11 is 0. The van der Waals surface area contributed by atoms with E-state index in [1.807, 2.05) is 0 Å². The third kappa shape index (κ3) is 3.62. The van der Waals surface area contributed by atoms with Crippen LogP contribution in [0.15, 0.2) is 12.1 Å². The minimum Gasteiger partial charge on any atom is -0.481 e. The topological polar surface area (TPSA) is 97.8 Å². The molecule has 0 aliphatic heterocycles. The maximum absolute atomic E-state index is 11.4. The maximum Gasteiger partial charge on any atom is 0.343 e. The smallest absolute Gasteiger partial charge is 0.343 e. The highest BCUT2D eigenvalue weighted by molar-refractivity contribution is 5.92. The first kappa shape index (κ1) is 13.8. The second-order valence-corrected chi connectivity index (χ2v) is 3.32. The predicted molar refractivity (Wildman–Crippen MR) is 62.9 cm³/mol. The summed E-state index contributed by atoms with van der Waals surface area (Å²) in [5.74, 6) is -0.889. The molecule has 18 heavy (non-hydrogen) atoms. The van der Waals surface area contributed by atoms with Gasteiger partial charge in [-0.05, 0) is 12.1 Å². The Bertz CT molecular complexity index is 447. The van der Waals surface area contributed by atoms with Crippen molar-refractivity contribution in [3.8, 4) is 5.88 Å². The van der Waals surface area contributed by atoms with Crippen molar-refractivity contribution in [2.75, 3.05) is 26.1 Å². The van der Waals surface area contributed by atoms with Crippen molar-refractivity contribution in [1.82, 2.24) is 4.98 Å². The number of carboxylic acid groups (broad SMARTS) is 1. The largest absolute Gasteiger partial charge is 0.481 e. The van der Waals surface area contributed by atoms with Gasteiger partial charge >= 0.3 is 11.9 Å². The number of aliphatic carboxylic acids is 1. The van der Waals surface area contributed by atoms with Crippen LogP contribution in [0.2, 0.25) is 0 Å². The van der Waals surface area contributed by atoms with Gasteiger partial charge in [-0.1, -0.05) is 0 Å². The zero-order chi connectivity index (χ0) is 13.5. The molecule has 0 saturated carbocycles. The second-order valence-electron chi connectivity index (χ2n) is 3.32. The lowest BCUT2D eigenvalue weighted by Crippen LogP contribution is -2.10. The number of esters is 1. The van der Waals surface area contributed by atoms with E-state index in [-0.39, 0.29) is 24.4 Å². The first-order valence-corrected chi connectivity index (χ1v) is 5.17. The number of anilines is 1. The summed E-state index contributed by atoms with van der Waals surface area (Å²) in [4.78, 5) is 25.7. The molecule has 1 aromatic heterocycles. The van der Waals surface area contributed by atoms with Gasteiger partial charge in [0.2, 0.25) is 5.88 Å². The number of aromatic nitrogens is 1. The molecular weight excluding hydrogens is 240 g/mol. The Balaban J connectivity index is 2.78. The number of rotatable bonds is 6. The maximum atomic E-state index is 11.4. The Hall–Kier alpha value is -2.31. The molecule has 2 N–H and O–H groups in total. The molecule has 0 aromatic carbocycles. The summed E-state index contributed by atoms with van der Waals surface area (Å²) < 4.78 is 9.54. The van der Waals surface area contributed by atoms with Gasteiger partial charge in [0.1, 0.15) is 11.4 Å². The highest BCUT2D eigenvalue weighted by Crippen LogP contribution is 2.19. The average molecular weight is 254 g/mol. The number of carbonyl (C=O) groups excluding carboxylic acids is 1. The molecule has 0 radical (unpaired) electrons. The van der Waals surface area contributed by atoms with Gasteiger partial charge in [0.05, 0.1) is 20.6 Å². The molecule has 98 valence electrons. The fraction of sp³-hybridized carbons (Fsp3) is 0.364. The lowest BCUT2D eigenvalue weighted by atomic mass is 10.2. The van der Waals surface area contributed by atoms with Crippen molar-refractivity contribution >= 4 is 17.8 Å². The van der Waals surface area contributed by atoms with Gasteiger partial charge < -0.3 is 19.9 Å². The Morgan fingerprint density at radius 1 is 1.39 bits per heavy atom. The van der Waals surface area contributed by atoms with Crippen LogP contribution in [-0.2, 0) is 9.53 Å². The average Bonchev–Trinajstić information content (AvgIpc) is 2.37. The third-order valence-corrected chi connectivity index (χ3v) is 2.10. The number of nitrogens with one attached hydrogen (secondary N) is 1. The molecule has 1 heterocycles. The molecule has 0 amide bonds. The summed E-state index contributed by atoms with van der Waals surface area (Å²) in [7, 11) is 2.65. The lowest BCUT2D eigenvalue weighted by Gasteiger charge is -2.09. The van der Waals surface area contributed by atoms with E-state index >= 15 is 0 Å². The Labute approximate surface area is 104 Å². The summed E-state index contributed by atoms with van der Waals surface area (Å²) in [6.45, 7) is 0.239. The normalized spacial score (nSPS) is 9.67. The van der Waals surface area contributed by atoms with Crippen molar-refractivity contribution in [3.63, 3.8) is 0 Å². The number of nitrogens with zero attached hydrogens (tertiary/aromatic N) is 1. The molecule has 0 atom stereocenters. The SMILES string of the molecule is COC(=O)c1ccc(NCCC(=O)O)nc1OC. The van der Waals surface area contributed by atoms with Crippen LogP contribution in [0, 0.1) is 0 Å². The number of ether oxygens (including phenoxy) is 2.